The zero-order chi connectivity index (χ0) is 14.7. The maximum Gasteiger partial charge on any atom is 0.363 e. The molecular weight excluding hydrogens is 262 g/mol. The fourth-order valence-corrected chi connectivity index (χ4v) is 2.19. The van der Waals surface area contributed by atoms with Crippen molar-refractivity contribution in [2.75, 3.05) is 38.6 Å². The minimum Gasteiger partial charge on any atom is -0.358 e. The lowest BCUT2D eigenvalue weighted by Crippen LogP contribution is -2.57. The smallest absolute Gasteiger partial charge is 0.358 e. The predicted molar refractivity (Wildman–Crippen MR) is 73.6 cm³/mol. The quantitative estimate of drug-likeness (QED) is 0.611. The van der Waals surface area contributed by atoms with E-state index in [4.69, 9.17) is 0 Å². The van der Waals surface area contributed by atoms with Gasteiger partial charge in [-0.15, -0.1) is 0 Å². The summed E-state index contributed by atoms with van der Waals surface area (Å²) in [7, 11) is 3.42. The molecule has 0 saturated carbocycles. The van der Waals surface area contributed by atoms with E-state index in [1.807, 2.05) is 4.90 Å². The summed E-state index contributed by atoms with van der Waals surface area (Å²) in [6, 6.07) is 2.67. The van der Waals surface area contributed by atoms with Crippen molar-refractivity contribution >= 4 is 17.4 Å². The second-order valence-corrected chi connectivity index (χ2v) is 4.78. The van der Waals surface area contributed by atoms with Gasteiger partial charge in [0.2, 0.25) is 5.91 Å². The Balaban J connectivity index is 2.23. The maximum atomic E-state index is 12.2. The van der Waals surface area contributed by atoms with Gasteiger partial charge >= 0.3 is 5.82 Å². The third-order valence-corrected chi connectivity index (χ3v) is 3.22. The average Bonchev–Trinajstić information content (AvgIpc) is 2.46. The minimum atomic E-state index is -0.538. The molecule has 108 valence electrons. The highest BCUT2D eigenvalue weighted by atomic mass is 16.6. The Morgan fingerprint density at radius 2 is 2.30 bits per heavy atom. The lowest BCUT2D eigenvalue weighted by Gasteiger charge is -2.37. The van der Waals surface area contributed by atoms with Crippen LogP contribution in [0.2, 0.25) is 0 Å². The lowest BCUT2D eigenvalue weighted by atomic mass is 10.1. The number of anilines is 1. The van der Waals surface area contributed by atoms with Crippen LogP contribution in [0.15, 0.2) is 18.3 Å². The lowest BCUT2D eigenvalue weighted by molar-refractivity contribution is -0.389. The first kappa shape index (κ1) is 14.2. The van der Waals surface area contributed by atoms with Crippen molar-refractivity contribution in [2.24, 2.45) is 0 Å². The molecule has 0 aromatic carbocycles. The summed E-state index contributed by atoms with van der Waals surface area (Å²) in [5.41, 5.74) is 0.720. The SMILES string of the molecule is CN(C)C(=O)C1CNCCN1c1ccc([N+](=O)[O-])nc1. The van der Waals surface area contributed by atoms with Crippen molar-refractivity contribution in [2.45, 2.75) is 6.04 Å². The van der Waals surface area contributed by atoms with Crippen molar-refractivity contribution in [3.63, 3.8) is 0 Å². The molecule has 0 spiro atoms. The number of nitrogens with one attached hydrogen (secondary N) is 1. The summed E-state index contributed by atoms with van der Waals surface area (Å²) in [5.74, 6) is -0.199. The van der Waals surface area contributed by atoms with Crippen LogP contribution in [0.5, 0.6) is 0 Å². The second-order valence-electron chi connectivity index (χ2n) is 4.78. The molecule has 0 aliphatic carbocycles. The summed E-state index contributed by atoms with van der Waals surface area (Å²) in [6.45, 7) is 1.96. The Morgan fingerprint density at radius 1 is 1.55 bits per heavy atom. The van der Waals surface area contributed by atoms with Crippen molar-refractivity contribution in [3.8, 4) is 0 Å². The van der Waals surface area contributed by atoms with Crippen molar-refractivity contribution in [1.82, 2.24) is 15.2 Å². The van der Waals surface area contributed by atoms with E-state index in [-0.39, 0.29) is 17.8 Å². The summed E-state index contributed by atoms with van der Waals surface area (Å²) >= 11 is 0. The fraction of sp³-hybridized carbons (Fsp3) is 0.500. The third kappa shape index (κ3) is 2.85. The van der Waals surface area contributed by atoms with Crippen LogP contribution in [0, 0.1) is 10.1 Å². The van der Waals surface area contributed by atoms with Gasteiger partial charge in [-0.05, 0) is 16.0 Å². The number of nitro groups is 1. The number of rotatable bonds is 3. The first-order chi connectivity index (χ1) is 9.50. The second kappa shape index (κ2) is 5.83. The molecule has 1 saturated heterocycles. The van der Waals surface area contributed by atoms with E-state index in [9.17, 15) is 14.9 Å². The molecule has 1 aliphatic heterocycles. The largest absolute Gasteiger partial charge is 0.363 e. The molecule has 1 unspecified atom stereocenters. The zero-order valence-corrected chi connectivity index (χ0v) is 11.4. The van der Waals surface area contributed by atoms with Crippen molar-refractivity contribution < 1.29 is 9.72 Å². The number of piperazine rings is 1. The highest BCUT2D eigenvalue weighted by Gasteiger charge is 2.30. The molecule has 8 nitrogen and oxygen atoms in total. The summed E-state index contributed by atoms with van der Waals surface area (Å²) in [5, 5.41) is 13.8. The molecule has 1 N–H and O–H groups in total. The highest BCUT2D eigenvalue weighted by molar-refractivity contribution is 5.85. The highest BCUT2D eigenvalue weighted by Crippen LogP contribution is 2.20. The molecule has 8 heteroatoms. The summed E-state index contributed by atoms with van der Waals surface area (Å²) < 4.78 is 0. The normalized spacial score (nSPS) is 18.7. The molecule has 1 atom stereocenters. The van der Waals surface area contributed by atoms with Crippen molar-refractivity contribution in [3.05, 3.63) is 28.4 Å². The maximum absolute atomic E-state index is 12.2. The Kier molecular flexibility index (Phi) is 4.14. The molecule has 1 fully saturated rings. The number of carbonyl (C=O) groups is 1. The van der Waals surface area contributed by atoms with Gasteiger partial charge in [0.05, 0.1) is 5.69 Å². The van der Waals surface area contributed by atoms with Crippen LogP contribution in [-0.4, -0.2) is 60.5 Å². The number of hydrogen-bond donors (Lipinski definition) is 1. The van der Waals surface area contributed by atoms with Crippen LogP contribution in [-0.2, 0) is 4.79 Å². The van der Waals surface area contributed by atoms with E-state index >= 15 is 0 Å². The summed E-state index contributed by atoms with van der Waals surface area (Å²) in [4.78, 5) is 29.5. The average molecular weight is 279 g/mol. The van der Waals surface area contributed by atoms with Crippen LogP contribution in [0.4, 0.5) is 11.5 Å². The van der Waals surface area contributed by atoms with Crippen LogP contribution in [0.1, 0.15) is 0 Å². The first-order valence-corrected chi connectivity index (χ1v) is 6.29. The molecule has 2 rings (SSSR count). The Hall–Kier alpha value is -2.22. The summed E-state index contributed by atoms with van der Waals surface area (Å²) in [6.07, 6.45) is 1.44. The minimum absolute atomic E-state index is 0.00412. The monoisotopic (exact) mass is 279 g/mol. The van der Waals surface area contributed by atoms with Crippen LogP contribution in [0.25, 0.3) is 0 Å². The Morgan fingerprint density at radius 3 is 2.85 bits per heavy atom. The molecule has 1 aromatic heterocycles. The molecule has 0 radical (unpaired) electrons. The van der Waals surface area contributed by atoms with Crippen LogP contribution < -0.4 is 10.2 Å². The third-order valence-electron chi connectivity index (χ3n) is 3.22. The van der Waals surface area contributed by atoms with E-state index in [1.54, 1.807) is 25.1 Å². The van der Waals surface area contributed by atoms with E-state index in [0.29, 0.717) is 13.1 Å². The molecule has 1 aliphatic rings. The fourth-order valence-electron chi connectivity index (χ4n) is 2.19. The predicted octanol–water partition coefficient (Wildman–Crippen LogP) is -0.144. The van der Waals surface area contributed by atoms with Gasteiger partial charge in [0, 0.05) is 39.8 Å². The number of amides is 1. The van der Waals surface area contributed by atoms with Crippen LogP contribution >= 0.6 is 0 Å². The number of carbonyl (C=O) groups excluding carboxylic acids is 1. The van der Waals surface area contributed by atoms with E-state index < -0.39 is 4.92 Å². The molecule has 2 heterocycles. The van der Waals surface area contributed by atoms with E-state index in [2.05, 4.69) is 10.3 Å². The topological polar surface area (TPSA) is 91.6 Å². The van der Waals surface area contributed by atoms with Gasteiger partial charge in [0.15, 0.2) is 6.20 Å². The molecule has 1 amide bonds. The number of hydrogen-bond acceptors (Lipinski definition) is 6. The number of likely N-dealkylation sites (N-methyl/N-ethyl adjacent to an activating group) is 1. The van der Waals surface area contributed by atoms with Crippen molar-refractivity contribution in [1.29, 1.82) is 0 Å². The molecule has 0 bridgehead atoms. The number of nitrogens with zero attached hydrogens (tertiary/aromatic N) is 4. The Bertz CT molecular complexity index is 502. The zero-order valence-electron chi connectivity index (χ0n) is 11.4. The van der Waals surface area contributed by atoms with Gasteiger partial charge < -0.3 is 25.2 Å². The van der Waals surface area contributed by atoms with Gasteiger partial charge in [0.25, 0.3) is 0 Å². The number of pyridine rings is 1. The van der Waals surface area contributed by atoms with Gasteiger partial charge in [-0.3, -0.25) is 4.79 Å². The standard InChI is InChI=1S/C12H17N5O3/c1-15(2)12(18)10-8-13-5-6-16(10)9-3-4-11(14-7-9)17(19)20/h3-4,7,10,13H,5-6,8H2,1-2H3. The van der Waals surface area contributed by atoms with Gasteiger partial charge in [0.1, 0.15) is 6.04 Å². The number of aromatic nitrogens is 1. The molecule has 20 heavy (non-hydrogen) atoms. The van der Waals surface area contributed by atoms with Gasteiger partial charge in [-0.25, -0.2) is 0 Å². The first-order valence-electron chi connectivity index (χ1n) is 6.29. The van der Waals surface area contributed by atoms with E-state index in [0.717, 1.165) is 12.2 Å². The van der Waals surface area contributed by atoms with E-state index in [1.165, 1.54) is 12.3 Å². The Labute approximate surface area is 116 Å². The molecule has 1 aromatic rings. The molecular formula is C12H17N5O3. The van der Waals surface area contributed by atoms with Gasteiger partial charge in [-0.2, -0.15) is 0 Å². The van der Waals surface area contributed by atoms with Crippen LogP contribution in [0.3, 0.4) is 0 Å². The van der Waals surface area contributed by atoms with Gasteiger partial charge in [-0.1, -0.05) is 0 Å².